The Hall–Kier alpha value is -1.85. The zero-order chi connectivity index (χ0) is 17.5. The van der Waals surface area contributed by atoms with Gasteiger partial charge in [0.25, 0.3) is 0 Å². The summed E-state index contributed by atoms with van der Waals surface area (Å²) < 4.78 is 10.8. The van der Waals surface area contributed by atoms with E-state index in [0.29, 0.717) is 0 Å². The molecule has 5 heteroatoms. The summed E-state index contributed by atoms with van der Waals surface area (Å²) in [4.78, 5) is 5.67. The van der Waals surface area contributed by atoms with Crippen LogP contribution >= 0.6 is 11.3 Å². The van der Waals surface area contributed by atoms with Crippen molar-refractivity contribution in [1.29, 1.82) is 0 Å². The Bertz CT molecular complexity index is 724. The molecule has 0 radical (unpaired) electrons. The van der Waals surface area contributed by atoms with E-state index in [1.54, 1.807) is 31.1 Å². The summed E-state index contributed by atoms with van der Waals surface area (Å²) in [5.74, 6) is 1.61. The maximum Gasteiger partial charge on any atom is 0.131 e. The molecule has 0 saturated carbocycles. The van der Waals surface area contributed by atoms with Crippen molar-refractivity contribution in [1.82, 2.24) is 10.3 Å². The van der Waals surface area contributed by atoms with Crippen LogP contribution in [0.25, 0.3) is 10.4 Å². The molecular weight excluding hydrogens is 332 g/mol. The number of nitrogens with zero attached hydrogens (tertiary/aromatic N) is 1. The van der Waals surface area contributed by atoms with Crippen molar-refractivity contribution in [2.24, 2.45) is 0 Å². The molecule has 0 aliphatic heterocycles. The van der Waals surface area contributed by atoms with E-state index in [2.05, 4.69) is 16.4 Å². The molecule has 3 rings (SSSR count). The highest BCUT2D eigenvalue weighted by Gasteiger charge is 2.11. The molecule has 0 fully saturated rings. The molecule has 1 heterocycles. The van der Waals surface area contributed by atoms with Gasteiger partial charge >= 0.3 is 0 Å². The fourth-order valence-corrected chi connectivity index (χ4v) is 4.01. The van der Waals surface area contributed by atoms with Crippen LogP contribution in [0.2, 0.25) is 0 Å². The van der Waals surface area contributed by atoms with E-state index in [-0.39, 0.29) is 0 Å². The molecule has 2 aromatic rings. The molecule has 134 valence electrons. The van der Waals surface area contributed by atoms with Crippen molar-refractivity contribution in [3.63, 3.8) is 0 Å². The molecule has 1 aromatic heterocycles. The SMILES string of the molecule is COc1ccc(-c2cnc(CNCCC3=CCCCC3)s2)c(OC)c1. The van der Waals surface area contributed by atoms with Gasteiger partial charge in [-0.05, 0) is 50.8 Å². The van der Waals surface area contributed by atoms with Crippen LogP contribution in [0.15, 0.2) is 36.0 Å². The van der Waals surface area contributed by atoms with Gasteiger partial charge in [-0.3, -0.25) is 0 Å². The van der Waals surface area contributed by atoms with Gasteiger partial charge < -0.3 is 14.8 Å². The zero-order valence-corrected chi connectivity index (χ0v) is 15.8. The third-order valence-corrected chi connectivity index (χ3v) is 5.54. The van der Waals surface area contributed by atoms with Gasteiger partial charge in [-0.25, -0.2) is 4.98 Å². The van der Waals surface area contributed by atoms with Crippen LogP contribution in [0.1, 0.15) is 37.1 Å². The highest BCUT2D eigenvalue weighted by atomic mass is 32.1. The lowest BCUT2D eigenvalue weighted by Gasteiger charge is -2.12. The van der Waals surface area contributed by atoms with Crippen molar-refractivity contribution in [3.05, 3.63) is 41.1 Å². The Labute approximate surface area is 153 Å². The van der Waals surface area contributed by atoms with Gasteiger partial charge in [-0.15, -0.1) is 11.3 Å². The normalized spacial score (nSPS) is 14.2. The fourth-order valence-electron chi connectivity index (χ4n) is 3.09. The third-order valence-electron chi connectivity index (χ3n) is 4.51. The first kappa shape index (κ1) is 18.0. The summed E-state index contributed by atoms with van der Waals surface area (Å²) >= 11 is 1.71. The number of aromatic nitrogens is 1. The average molecular weight is 359 g/mol. The molecule has 1 aromatic carbocycles. The van der Waals surface area contributed by atoms with Gasteiger partial charge in [0.15, 0.2) is 0 Å². The predicted octanol–water partition coefficient (Wildman–Crippen LogP) is 4.81. The van der Waals surface area contributed by atoms with Gasteiger partial charge in [-0.1, -0.05) is 11.6 Å². The van der Waals surface area contributed by atoms with Gasteiger partial charge in [0.05, 0.1) is 19.1 Å². The Morgan fingerprint density at radius 1 is 1.20 bits per heavy atom. The van der Waals surface area contributed by atoms with E-state index in [1.807, 2.05) is 24.4 Å². The van der Waals surface area contributed by atoms with Crippen molar-refractivity contribution < 1.29 is 9.47 Å². The van der Waals surface area contributed by atoms with Gasteiger partial charge in [0, 0.05) is 24.4 Å². The summed E-state index contributed by atoms with van der Waals surface area (Å²) in [6.45, 7) is 1.84. The number of nitrogens with one attached hydrogen (secondary N) is 1. The fraction of sp³-hybridized carbons (Fsp3) is 0.450. The largest absolute Gasteiger partial charge is 0.497 e. The molecule has 0 saturated heterocycles. The highest BCUT2D eigenvalue weighted by Crippen LogP contribution is 2.36. The lowest BCUT2D eigenvalue weighted by atomic mass is 9.97. The van der Waals surface area contributed by atoms with Crippen LogP contribution in [-0.2, 0) is 6.54 Å². The maximum absolute atomic E-state index is 5.49. The Morgan fingerprint density at radius 3 is 2.88 bits per heavy atom. The molecule has 1 aliphatic rings. The van der Waals surface area contributed by atoms with Gasteiger partial charge in [-0.2, -0.15) is 0 Å². The monoisotopic (exact) mass is 358 g/mol. The number of thiazole rings is 1. The van der Waals surface area contributed by atoms with E-state index >= 15 is 0 Å². The summed E-state index contributed by atoms with van der Waals surface area (Å²) in [6, 6.07) is 5.89. The van der Waals surface area contributed by atoms with E-state index in [9.17, 15) is 0 Å². The summed E-state index contributed by atoms with van der Waals surface area (Å²) in [5, 5.41) is 4.62. The van der Waals surface area contributed by atoms with Gasteiger partial charge in [0.2, 0.25) is 0 Å². The van der Waals surface area contributed by atoms with Crippen LogP contribution in [0.4, 0.5) is 0 Å². The van der Waals surface area contributed by atoms with E-state index in [0.717, 1.165) is 46.5 Å². The van der Waals surface area contributed by atoms with Crippen molar-refractivity contribution in [3.8, 4) is 21.9 Å². The molecular formula is C20H26N2O2S. The van der Waals surface area contributed by atoms with E-state index in [4.69, 9.17) is 9.47 Å². The van der Waals surface area contributed by atoms with E-state index < -0.39 is 0 Å². The molecule has 1 aliphatic carbocycles. The van der Waals surface area contributed by atoms with Crippen LogP contribution in [0, 0.1) is 0 Å². The molecule has 0 bridgehead atoms. The first-order valence-electron chi connectivity index (χ1n) is 8.86. The quantitative estimate of drug-likeness (QED) is 0.543. The lowest BCUT2D eigenvalue weighted by Crippen LogP contribution is -2.15. The number of benzene rings is 1. The molecule has 1 N–H and O–H groups in total. The minimum Gasteiger partial charge on any atom is -0.497 e. The second-order valence-electron chi connectivity index (χ2n) is 6.22. The van der Waals surface area contributed by atoms with Crippen molar-refractivity contribution in [2.45, 2.75) is 38.6 Å². The zero-order valence-electron chi connectivity index (χ0n) is 15.0. The molecule has 25 heavy (non-hydrogen) atoms. The minimum atomic E-state index is 0.795. The summed E-state index contributed by atoms with van der Waals surface area (Å²) in [6.07, 6.45) is 10.7. The van der Waals surface area contributed by atoms with Crippen LogP contribution in [0.3, 0.4) is 0 Å². The minimum absolute atomic E-state index is 0.795. The predicted molar refractivity (Wildman–Crippen MR) is 104 cm³/mol. The van der Waals surface area contributed by atoms with Crippen LogP contribution in [-0.4, -0.2) is 25.7 Å². The van der Waals surface area contributed by atoms with E-state index in [1.165, 1.54) is 25.7 Å². The summed E-state index contributed by atoms with van der Waals surface area (Å²) in [7, 11) is 3.34. The third kappa shape index (κ3) is 4.83. The van der Waals surface area contributed by atoms with Crippen molar-refractivity contribution >= 4 is 11.3 Å². The second kappa shape index (κ2) is 9.02. The topological polar surface area (TPSA) is 43.4 Å². The Kier molecular flexibility index (Phi) is 6.48. The number of hydrogen-bond donors (Lipinski definition) is 1. The molecule has 0 atom stereocenters. The summed E-state index contributed by atoms with van der Waals surface area (Å²) in [5.41, 5.74) is 2.67. The molecule has 0 amide bonds. The number of rotatable bonds is 8. The number of ether oxygens (including phenoxy) is 2. The molecule has 4 nitrogen and oxygen atoms in total. The van der Waals surface area contributed by atoms with Crippen LogP contribution in [0.5, 0.6) is 11.5 Å². The number of methoxy groups -OCH3 is 2. The lowest BCUT2D eigenvalue weighted by molar-refractivity contribution is 0.395. The van der Waals surface area contributed by atoms with Crippen LogP contribution < -0.4 is 14.8 Å². The highest BCUT2D eigenvalue weighted by molar-refractivity contribution is 7.15. The molecule has 0 unspecified atom stereocenters. The average Bonchev–Trinajstić information content (AvgIpc) is 3.14. The van der Waals surface area contributed by atoms with Crippen molar-refractivity contribution in [2.75, 3.05) is 20.8 Å². The Balaban J connectivity index is 1.56. The maximum atomic E-state index is 5.49. The smallest absolute Gasteiger partial charge is 0.131 e. The first-order chi connectivity index (χ1) is 12.3. The number of allylic oxidation sites excluding steroid dienone is 1. The number of hydrogen-bond acceptors (Lipinski definition) is 5. The second-order valence-corrected chi connectivity index (χ2v) is 7.33. The molecule has 0 spiro atoms. The first-order valence-corrected chi connectivity index (χ1v) is 9.67. The Morgan fingerprint density at radius 2 is 2.12 bits per heavy atom. The standard InChI is InChI=1S/C20H26N2O2S/c1-23-16-8-9-17(18(12-16)24-2)19-13-22-20(25-19)14-21-11-10-15-6-4-3-5-7-15/h6,8-9,12-13,21H,3-5,7,10-11,14H2,1-2H3. The van der Waals surface area contributed by atoms with Gasteiger partial charge in [0.1, 0.15) is 16.5 Å².